The van der Waals surface area contributed by atoms with Gasteiger partial charge in [-0.05, 0) is 76.2 Å². The summed E-state index contributed by atoms with van der Waals surface area (Å²) in [6, 6.07) is 30.2. The van der Waals surface area contributed by atoms with Gasteiger partial charge in [0.05, 0.1) is 0 Å². The molecule has 5 aromatic rings. The Morgan fingerprint density at radius 1 is 0.784 bits per heavy atom. The third-order valence-electron chi connectivity index (χ3n) is 6.39. The van der Waals surface area contributed by atoms with E-state index in [0.717, 1.165) is 34.2 Å². The van der Waals surface area contributed by atoms with Crippen molar-refractivity contribution in [3.05, 3.63) is 155 Å². The van der Waals surface area contributed by atoms with Crippen molar-refractivity contribution < 1.29 is 9.18 Å². The van der Waals surface area contributed by atoms with Gasteiger partial charge in [0.25, 0.3) is 5.91 Å². The molecule has 0 atom stereocenters. The van der Waals surface area contributed by atoms with E-state index in [2.05, 4.69) is 39.6 Å². The van der Waals surface area contributed by atoms with Crippen molar-refractivity contribution in [2.24, 2.45) is 0 Å². The lowest BCUT2D eigenvalue weighted by Gasteiger charge is -2.20. The van der Waals surface area contributed by atoms with Crippen LogP contribution in [0.3, 0.4) is 0 Å². The maximum atomic E-state index is 13.5. The zero-order chi connectivity index (χ0) is 25.5. The van der Waals surface area contributed by atoms with E-state index in [-0.39, 0.29) is 24.2 Å². The summed E-state index contributed by atoms with van der Waals surface area (Å²) in [7, 11) is 0. The minimum absolute atomic E-state index is 0.0845. The Labute approximate surface area is 215 Å². The van der Waals surface area contributed by atoms with Gasteiger partial charge in [-0.2, -0.15) is 0 Å². The third kappa shape index (κ3) is 5.96. The number of benzene rings is 3. The van der Waals surface area contributed by atoms with Gasteiger partial charge in [-0.1, -0.05) is 60.7 Å². The smallest absolute Gasteiger partial charge is 0.251 e. The van der Waals surface area contributed by atoms with E-state index in [1.807, 2.05) is 54.9 Å². The van der Waals surface area contributed by atoms with Crippen molar-refractivity contribution in [1.29, 1.82) is 0 Å². The van der Waals surface area contributed by atoms with Crippen LogP contribution in [0.4, 0.5) is 4.39 Å². The molecule has 0 radical (unpaired) electrons. The Morgan fingerprint density at radius 3 is 2.22 bits per heavy atom. The summed E-state index contributed by atoms with van der Waals surface area (Å²) in [5.41, 5.74) is 6.71. The van der Waals surface area contributed by atoms with E-state index in [1.54, 1.807) is 30.6 Å². The van der Waals surface area contributed by atoms with Gasteiger partial charge in [0.1, 0.15) is 5.82 Å². The Bertz CT molecular complexity index is 1450. The number of nitrogens with one attached hydrogen (secondary N) is 1. The van der Waals surface area contributed by atoms with Gasteiger partial charge in [0, 0.05) is 42.8 Å². The molecule has 1 amide bonds. The van der Waals surface area contributed by atoms with Crippen molar-refractivity contribution in [3.8, 4) is 11.1 Å². The lowest BCUT2D eigenvalue weighted by molar-refractivity contribution is 0.0951. The molecule has 0 fully saturated rings. The predicted molar refractivity (Wildman–Crippen MR) is 143 cm³/mol. The molecule has 4 nitrogen and oxygen atoms in total. The number of rotatable bonds is 8. The van der Waals surface area contributed by atoms with Crippen molar-refractivity contribution in [2.45, 2.75) is 18.9 Å². The number of carbonyl (C=O) groups is 1. The standard InChI is InChI=1S/C32H26FN3O/c33-29-13-3-7-23(17-29)20-36-32(37)26-10-4-9-24(18-26)30-14-2-1-8-25(30)19-31(27-11-5-15-34-21-27)28-12-6-16-35-22-28/h1-18,21-22,31H,19-20H2,(H,36,37). The molecule has 3 aromatic carbocycles. The van der Waals surface area contributed by atoms with E-state index >= 15 is 0 Å². The molecule has 2 heterocycles. The minimum atomic E-state index is -0.318. The van der Waals surface area contributed by atoms with Crippen LogP contribution in [0.5, 0.6) is 0 Å². The average Bonchev–Trinajstić information content (AvgIpc) is 2.96. The lowest BCUT2D eigenvalue weighted by Crippen LogP contribution is -2.22. The molecule has 1 N–H and O–H groups in total. The normalized spacial score (nSPS) is 10.9. The number of amides is 1. The molecular formula is C32H26FN3O. The molecule has 0 aliphatic carbocycles. The molecule has 0 aliphatic heterocycles. The van der Waals surface area contributed by atoms with Crippen LogP contribution in [0.15, 0.2) is 122 Å². The van der Waals surface area contributed by atoms with Crippen molar-refractivity contribution in [2.75, 3.05) is 0 Å². The van der Waals surface area contributed by atoms with Crippen LogP contribution in [-0.4, -0.2) is 15.9 Å². The second-order valence-corrected chi connectivity index (χ2v) is 8.88. The fourth-order valence-corrected chi connectivity index (χ4v) is 4.55. The highest BCUT2D eigenvalue weighted by molar-refractivity contribution is 5.95. The predicted octanol–water partition coefficient (Wildman–Crippen LogP) is 6.59. The molecule has 5 heteroatoms. The van der Waals surface area contributed by atoms with E-state index in [1.165, 1.54) is 12.1 Å². The van der Waals surface area contributed by atoms with Crippen LogP contribution >= 0.6 is 0 Å². The number of hydrogen-bond donors (Lipinski definition) is 1. The molecule has 5 rings (SSSR count). The van der Waals surface area contributed by atoms with E-state index < -0.39 is 0 Å². The maximum Gasteiger partial charge on any atom is 0.251 e. The van der Waals surface area contributed by atoms with E-state index in [4.69, 9.17) is 0 Å². The van der Waals surface area contributed by atoms with Crippen molar-refractivity contribution >= 4 is 5.91 Å². The average molecular weight is 488 g/mol. The molecule has 0 spiro atoms. The second kappa shape index (κ2) is 11.4. The first kappa shape index (κ1) is 24.1. The molecule has 2 aromatic heterocycles. The highest BCUT2D eigenvalue weighted by Gasteiger charge is 2.18. The summed E-state index contributed by atoms with van der Waals surface area (Å²) in [5, 5.41) is 2.89. The summed E-state index contributed by atoms with van der Waals surface area (Å²) < 4.78 is 13.5. The first-order valence-electron chi connectivity index (χ1n) is 12.2. The van der Waals surface area contributed by atoms with Gasteiger partial charge in [0.2, 0.25) is 0 Å². The number of nitrogens with zero attached hydrogens (tertiary/aromatic N) is 2. The highest BCUT2D eigenvalue weighted by Crippen LogP contribution is 2.32. The molecular weight excluding hydrogens is 461 g/mol. The molecule has 0 aliphatic rings. The molecule has 0 saturated heterocycles. The summed E-state index contributed by atoms with van der Waals surface area (Å²) in [6.45, 7) is 0.259. The number of halogens is 1. The van der Waals surface area contributed by atoms with Gasteiger partial charge in [0.15, 0.2) is 0 Å². The Hall–Kier alpha value is -4.64. The number of pyridine rings is 2. The largest absolute Gasteiger partial charge is 0.348 e. The summed E-state index contributed by atoms with van der Waals surface area (Å²) in [5.74, 6) is -0.435. The molecule has 0 unspecified atom stereocenters. The van der Waals surface area contributed by atoms with Crippen LogP contribution in [0.1, 0.15) is 38.5 Å². The topological polar surface area (TPSA) is 54.9 Å². The number of hydrogen-bond acceptors (Lipinski definition) is 3. The summed E-state index contributed by atoms with van der Waals surface area (Å²) in [4.78, 5) is 21.6. The maximum absolute atomic E-state index is 13.5. The Morgan fingerprint density at radius 2 is 1.51 bits per heavy atom. The summed E-state index contributed by atoms with van der Waals surface area (Å²) >= 11 is 0. The van der Waals surface area contributed by atoms with Crippen LogP contribution < -0.4 is 5.32 Å². The number of aromatic nitrogens is 2. The van der Waals surface area contributed by atoms with Crippen LogP contribution in [-0.2, 0) is 13.0 Å². The van der Waals surface area contributed by atoms with Gasteiger partial charge < -0.3 is 5.32 Å². The van der Waals surface area contributed by atoms with Gasteiger partial charge in [-0.15, -0.1) is 0 Å². The SMILES string of the molecule is O=C(NCc1cccc(F)c1)c1cccc(-c2ccccc2CC(c2cccnc2)c2cccnc2)c1. The molecule has 0 saturated carbocycles. The van der Waals surface area contributed by atoms with Crippen LogP contribution in [0.2, 0.25) is 0 Å². The van der Waals surface area contributed by atoms with Gasteiger partial charge in [-0.25, -0.2) is 4.39 Å². The van der Waals surface area contributed by atoms with E-state index in [9.17, 15) is 9.18 Å². The van der Waals surface area contributed by atoms with Crippen LogP contribution in [0.25, 0.3) is 11.1 Å². The first-order valence-corrected chi connectivity index (χ1v) is 12.2. The van der Waals surface area contributed by atoms with Crippen LogP contribution in [0, 0.1) is 5.82 Å². The zero-order valence-electron chi connectivity index (χ0n) is 20.2. The quantitative estimate of drug-likeness (QED) is 0.269. The third-order valence-corrected chi connectivity index (χ3v) is 6.39. The fraction of sp³-hybridized carbons (Fsp3) is 0.0938. The zero-order valence-corrected chi connectivity index (χ0v) is 20.2. The second-order valence-electron chi connectivity index (χ2n) is 8.88. The summed E-state index contributed by atoms with van der Waals surface area (Å²) in [6.07, 6.45) is 8.13. The molecule has 37 heavy (non-hydrogen) atoms. The first-order chi connectivity index (χ1) is 18.2. The van der Waals surface area contributed by atoms with Gasteiger partial charge in [-0.3, -0.25) is 14.8 Å². The van der Waals surface area contributed by atoms with E-state index in [0.29, 0.717) is 11.1 Å². The monoisotopic (exact) mass is 487 g/mol. The lowest BCUT2D eigenvalue weighted by atomic mass is 9.85. The van der Waals surface area contributed by atoms with Crippen molar-refractivity contribution in [1.82, 2.24) is 15.3 Å². The Balaban J connectivity index is 1.41. The molecule has 0 bridgehead atoms. The Kier molecular flexibility index (Phi) is 7.42. The van der Waals surface area contributed by atoms with Gasteiger partial charge >= 0.3 is 0 Å². The fourth-order valence-electron chi connectivity index (χ4n) is 4.55. The highest BCUT2D eigenvalue weighted by atomic mass is 19.1. The van der Waals surface area contributed by atoms with Crippen molar-refractivity contribution in [3.63, 3.8) is 0 Å². The number of carbonyl (C=O) groups excluding carboxylic acids is 1. The minimum Gasteiger partial charge on any atom is -0.348 e. The molecule has 182 valence electrons.